The van der Waals surface area contributed by atoms with Gasteiger partial charge in [0.25, 0.3) is 0 Å². The van der Waals surface area contributed by atoms with Crippen molar-refractivity contribution < 1.29 is 4.74 Å². The molecule has 0 aromatic carbocycles. The number of hydrogen-bond donors (Lipinski definition) is 0. The van der Waals surface area contributed by atoms with Crippen molar-refractivity contribution >= 4 is 11.8 Å². The number of ether oxygens (including phenoxy) is 1. The topological polar surface area (TPSA) is 67.3 Å². The molecule has 1 aliphatic heterocycles. The van der Waals surface area contributed by atoms with Crippen molar-refractivity contribution in [3.05, 3.63) is 29.8 Å². The fraction of sp³-hybridized carbons (Fsp3) is 0.600. The summed E-state index contributed by atoms with van der Waals surface area (Å²) in [5, 5.41) is 0. The third-order valence-electron chi connectivity index (χ3n) is 5.93. The molecular formula is C20H26N6O. The number of anilines is 2. The Hall–Kier alpha value is -2.44. The minimum Gasteiger partial charge on any atom is -0.481 e. The fourth-order valence-electron chi connectivity index (χ4n) is 3.80. The summed E-state index contributed by atoms with van der Waals surface area (Å²) < 4.78 is 5.22. The SMILES string of the molecule is COc1ccnc(N2CCN(c3cc(C4CCC4)nc(C4CC4)n3)CC2)n1. The highest BCUT2D eigenvalue weighted by molar-refractivity contribution is 5.45. The van der Waals surface area contributed by atoms with Crippen LogP contribution in [0.5, 0.6) is 5.88 Å². The van der Waals surface area contributed by atoms with E-state index in [1.54, 1.807) is 19.4 Å². The first kappa shape index (κ1) is 16.7. The molecule has 142 valence electrons. The van der Waals surface area contributed by atoms with E-state index in [-0.39, 0.29) is 0 Å². The summed E-state index contributed by atoms with van der Waals surface area (Å²) in [6.07, 6.45) is 8.14. The van der Waals surface area contributed by atoms with E-state index in [4.69, 9.17) is 14.7 Å². The molecule has 27 heavy (non-hydrogen) atoms. The second-order valence-corrected chi connectivity index (χ2v) is 7.78. The number of aromatic nitrogens is 4. The fourth-order valence-corrected chi connectivity index (χ4v) is 3.80. The average Bonchev–Trinajstić information content (AvgIpc) is 3.52. The molecule has 2 aromatic heterocycles. The summed E-state index contributed by atoms with van der Waals surface area (Å²) in [6.45, 7) is 3.61. The minimum atomic E-state index is 0.593. The highest BCUT2D eigenvalue weighted by Crippen LogP contribution is 2.41. The van der Waals surface area contributed by atoms with Gasteiger partial charge in [0.05, 0.1) is 7.11 Å². The lowest BCUT2D eigenvalue weighted by atomic mass is 9.83. The summed E-state index contributed by atoms with van der Waals surface area (Å²) in [6, 6.07) is 4.02. The molecule has 0 amide bonds. The van der Waals surface area contributed by atoms with Crippen molar-refractivity contribution in [1.29, 1.82) is 0 Å². The van der Waals surface area contributed by atoms with Gasteiger partial charge in [0, 0.05) is 62.0 Å². The Morgan fingerprint density at radius 3 is 2.37 bits per heavy atom. The molecule has 0 unspecified atom stereocenters. The van der Waals surface area contributed by atoms with Gasteiger partial charge in [-0.1, -0.05) is 6.42 Å². The molecule has 3 fully saturated rings. The Labute approximate surface area is 159 Å². The van der Waals surface area contributed by atoms with Crippen LogP contribution in [0.1, 0.15) is 55.5 Å². The van der Waals surface area contributed by atoms with Gasteiger partial charge in [-0.2, -0.15) is 4.98 Å². The zero-order valence-corrected chi connectivity index (χ0v) is 15.8. The lowest BCUT2D eigenvalue weighted by Crippen LogP contribution is -2.47. The van der Waals surface area contributed by atoms with Crippen LogP contribution < -0.4 is 14.5 Å². The molecule has 5 rings (SSSR count). The molecule has 3 heterocycles. The first-order chi connectivity index (χ1) is 13.3. The normalized spacial score (nSPS) is 20.5. The van der Waals surface area contributed by atoms with Crippen LogP contribution in [0.25, 0.3) is 0 Å². The zero-order valence-electron chi connectivity index (χ0n) is 15.8. The van der Waals surface area contributed by atoms with Gasteiger partial charge in [-0.25, -0.2) is 15.0 Å². The molecule has 2 aromatic rings. The summed E-state index contributed by atoms with van der Waals surface area (Å²) in [5.41, 5.74) is 1.27. The second kappa shape index (κ2) is 6.94. The van der Waals surface area contributed by atoms with Crippen LogP contribution in [0.15, 0.2) is 18.3 Å². The summed E-state index contributed by atoms with van der Waals surface area (Å²) in [7, 11) is 1.64. The first-order valence-corrected chi connectivity index (χ1v) is 10.1. The van der Waals surface area contributed by atoms with Gasteiger partial charge in [0.2, 0.25) is 11.8 Å². The standard InChI is InChI=1S/C20H26N6O/c1-27-18-7-8-21-20(24-18)26-11-9-25(10-12-26)17-13-16(14-3-2-4-14)22-19(23-17)15-5-6-15/h7-8,13-15H,2-6,9-12H2,1H3. The van der Waals surface area contributed by atoms with Gasteiger partial charge in [-0.15, -0.1) is 0 Å². The number of nitrogens with zero attached hydrogens (tertiary/aromatic N) is 6. The van der Waals surface area contributed by atoms with Gasteiger partial charge < -0.3 is 14.5 Å². The molecule has 0 N–H and O–H groups in total. The predicted molar refractivity (Wildman–Crippen MR) is 104 cm³/mol. The molecule has 0 radical (unpaired) electrons. The molecule has 7 heteroatoms. The van der Waals surface area contributed by atoms with Gasteiger partial charge in [0.15, 0.2) is 0 Å². The maximum Gasteiger partial charge on any atom is 0.228 e. The van der Waals surface area contributed by atoms with E-state index in [0.717, 1.165) is 43.8 Å². The summed E-state index contributed by atoms with van der Waals surface area (Å²) in [4.78, 5) is 23.3. The van der Waals surface area contributed by atoms with Crippen LogP contribution in [0, 0.1) is 0 Å². The van der Waals surface area contributed by atoms with Crippen LogP contribution >= 0.6 is 0 Å². The van der Waals surface area contributed by atoms with Gasteiger partial charge >= 0.3 is 0 Å². The van der Waals surface area contributed by atoms with Crippen LogP contribution in [-0.4, -0.2) is 53.2 Å². The van der Waals surface area contributed by atoms with E-state index in [9.17, 15) is 0 Å². The molecular weight excluding hydrogens is 340 g/mol. The third kappa shape index (κ3) is 3.42. The number of hydrogen-bond acceptors (Lipinski definition) is 7. The Balaban J connectivity index is 1.32. The maximum absolute atomic E-state index is 5.22. The largest absolute Gasteiger partial charge is 0.481 e. The van der Waals surface area contributed by atoms with E-state index < -0.39 is 0 Å². The first-order valence-electron chi connectivity index (χ1n) is 10.1. The number of piperazine rings is 1. The van der Waals surface area contributed by atoms with Crippen molar-refractivity contribution in [2.75, 3.05) is 43.1 Å². The Bertz CT molecular complexity index is 812. The average molecular weight is 366 g/mol. The van der Waals surface area contributed by atoms with Crippen LogP contribution in [0.2, 0.25) is 0 Å². The Morgan fingerprint density at radius 2 is 1.70 bits per heavy atom. The molecule has 0 bridgehead atoms. The minimum absolute atomic E-state index is 0.593. The van der Waals surface area contributed by atoms with Crippen LogP contribution in [-0.2, 0) is 0 Å². The zero-order chi connectivity index (χ0) is 18.2. The Kier molecular flexibility index (Phi) is 4.30. The molecule has 0 spiro atoms. The van der Waals surface area contributed by atoms with E-state index in [0.29, 0.717) is 17.7 Å². The van der Waals surface area contributed by atoms with Gasteiger partial charge in [-0.05, 0) is 25.7 Å². The molecule has 3 aliphatic rings. The monoisotopic (exact) mass is 366 g/mol. The van der Waals surface area contributed by atoms with Crippen LogP contribution in [0.3, 0.4) is 0 Å². The summed E-state index contributed by atoms with van der Waals surface area (Å²) >= 11 is 0. The van der Waals surface area contributed by atoms with Gasteiger partial charge in [0.1, 0.15) is 11.6 Å². The lowest BCUT2D eigenvalue weighted by Gasteiger charge is -2.36. The van der Waals surface area contributed by atoms with E-state index >= 15 is 0 Å². The highest BCUT2D eigenvalue weighted by atomic mass is 16.5. The van der Waals surface area contributed by atoms with Crippen LogP contribution in [0.4, 0.5) is 11.8 Å². The smallest absolute Gasteiger partial charge is 0.228 e. The van der Waals surface area contributed by atoms with Crippen molar-refractivity contribution in [3.8, 4) is 5.88 Å². The molecule has 0 atom stereocenters. The van der Waals surface area contributed by atoms with Crippen molar-refractivity contribution in [3.63, 3.8) is 0 Å². The van der Waals surface area contributed by atoms with Gasteiger partial charge in [-0.3, -0.25) is 0 Å². The van der Waals surface area contributed by atoms with Crippen molar-refractivity contribution in [1.82, 2.24) is 19.9 Å². The quantitative estimate of drug-likeness (QED) is 0.806. The molecule has 7 nitrogen and oxygen atoms in total. The number of methoxy groups -OCH3 is 1. The summed E-state index contributed by atoms with van der Waals surface area (Å²) in [5.74, 6) is 4.78. The highest BCUT2D eigenvalue weighted by Gasteiger charge is 2.31. The third-order valence-corrected chi connectivity index (χ3v) is 5.93. The van der Waals surface area contributed by atoms with E-state index in [1.807, 2.05) is 0 Å². The predicted octanol–water partition coefficient (Wildman–Crippen LogP) is 2.75. The second-order valence-electron chi connectivity index (χ2n) is 7.78. The molecule has 2 aliphatic carbocycles. The Morgan fingerprint density at radius 1 is 0.926 bits per heavy atom. The number of rotatable bonds is 5. The van der Waals surface area contributed by atoms with E-state index in [2.05, 4.69) is 25.8 Å². The van der Waals surface area contributed by atoms with E-state index in [1.165, 1.54) is 37.8 Å². The maximum atomic E-state index is 5.22. The molecule has 1 saturated heterocycles. The van der Waals surface area contributed by atoms with Crippen molar-refractivity contribution in [2.24, 2.45) is 0 Å². The molecule has 2 saturated carbocycles. The lowest BCUT2D eigenvalue weighted by molar-refractivity contribution is 0.396. The van der Waals surface area contributed by atoms with Crippen molar-refractivity contribution in [2.45, 2.75) is 43.9 Å².